The maximum Gasteiger partial charge on any atom is 0.229 e. The molecule has 0 aliphatic carbocycles. The lowest BCUT2D eigenvalue weighted by Gasteiger charge is -2.29. The predicted octanol–water partition coefficient (Wildman–Crippen LogP) is 3.05. The first kappa shape index (κ1) is 21.0. The largest absolute Gasteiger partial charge is 0.497 e. The summed E-state index contributed by atoms with van der Waals surface area (Å²) in [6.45, 7) is 4.62. The Balaban J connectivity index is 1.35. The van der Waals surface area contributed by atoms with Crippen molar-refractivity contribution >= 4 is 28.4 Å². The summed E-state index contributed by atoms with van der Waals surface area (Å²) < 4.78 is 12.6. The summed E-state index contributed by atoms with van der Waals surface area (Å²) >= 11 is 0. The first-order chi connectivity index (χ1) is 16.2. The first-order valence-electron chi connectivity index (χ1n) is 10.9. The Labute approximate surface area is 192 Å². The quantitative estimate of drug-likeness (QED) is 0.449. The molecule has 1 aliphatic rings. The summed E-state index contributed by atoms with van der Waals surface area (Å²) in [6, 6.07) is 14.2. The average molecular weight is 446 g/mol. The summed E-state index contributed by atoms with van der Waals surface area (Å²) in [5, 5.41) is 12.1. The summed E-state index contributed by atoms with van der Waals surface area (Å²) in [5.74, 6) is 2.01. The van der Waals surface area contributed by atoms with Crippen molar-refractivity contribution in [2.24, 2.45) is 0 Å². The Morgan fingerprint density at radius 2 is 1.70 bits per heavy atom. The number of hydrogen-bond donors (Lipinski definition) is 2. The molecule has 0 saturated carbocycles. The second-order valence-electron chi connectivity index (χ2n) is 7.90. The SMILES string of the molecule is COc1cc(Cn2ncc3cnc(Nc4ccc(N5CCNCC5)cc4)nc32)cc(OC)c1. The number of ether oxygens (including phenoxy) is 2. The van der Waals surface area contributed by atoms with Crippen LogP contribution in [0.5, 0.6) is 11.5 Å². The van der Waals surface area contributed by atoms with E-state index < -0.39 is 0 Å². The molecule has 0 atom stereocenters. The number of benzene rings is 2. The molecular weight excluding hydrogens is 418 g/mol. The summed E-state index contributed by atoms with van der Waals surface area (Å²) in [4.78, 5) is 11.6. The molecule has 1 fully saturated rings. The second-order valence-corrected chi connectivity index (χ2v) is 7.90. The van der Waals surface area contributed by atoms with Gasteiger partial charge in [0.2, 0.25) is 5.95 Å². The van der Waals surface area contributed by atoms with Gasteiger partial charge in [0, 0.05) is 49.8 Å². The summed E-state index contributed by atoms with van der Waals surface area (Å²) in [6.07, 6.45) is 3.56. The fourth-order valence-corrected chi connectivity index (χ4v) is 3.98. The van der Waals surface area contributed by atoms with Crippen LogP contribution in [-0.2, 0) is 6.54 Å². The van der Waals surface area contributed by atoms with Crippen LogP contribution in [0, 0.1) is 0 Å². The molecular formula is C24H27N7O2. The molecule has 9 heteroatoms. The molecule has 2 aromatic heterocycles. The number of rotatable bonds is 7. The molecule has 1 saturated heterocycles. The van der Waals surface area contributed by atoms with Crippen LogP contribution in [0.25, 0.3) is 11.0 Å². The topological polar surface area (TPSA) is 89.4 Å². The highest BCUT2D eigenvalue weighted by atomic mass is 16.5. The molecule has 0 radical (unpaired) electrons. The third-order valence-electron chi connectivity index (χ3n) is 5.73. The molecule has 4 aromatic rings. The summed E-state index contributed by atoms with van der Waals surface area (Å²) in [7, 11) is 3.28. The monoisotopic (exact) mass is 445 g/mol. The Morgan fingerprint density at radius 3 is 2.39 bits per heavy atom. The average Bonchev–Trinajstić information content (AvgIpc) is 3.26. The molecule has 2 N–H and O–H groups in total. The molecule has 1 aliphatic heterocycles. The smallest absolute Gasteiger partial charge is 0.229 e. The van der Waals surface area contributed by atoms with Gasteiger partial charge in [0.25, 0.3) is 0 Å². The fourth-order valence-electron chi connectivity index (χ4n) is 3.98. The Kier molecular flexibility index (Phi) is 5.95. The number of methoxy groups -OCH3 is 2. The third-order valence-corrected chi connectivity index (χ3v) is 5.73. The van der Waals surface area contributed by atoms with Crippen LogP contribution in [0.1, 0.15) is 5.56 Å². The minimum absolute atomic E-state index is 0.530. The van der Waals surface area contributed by atoms with E-state index in [4.69, 9.17) is 14.5 Å². The van der Waals surface area contributed by atoms with Gasteiger partial charge in [-0.1, -0.05) is 0 Å². The lowest BCUT2D eigenvalue weighted by molar-refractivity contribution is 0.393. The van der Waals surface area contributed by atoms with E-state index in [1.165, 1.54) is 5.69 Å². The number of nitrogens with one attached hydrogen (secondary N) is 2. The number of fused-ring (bicyclic) bond motifs is 1. The van der Waals surface area contributed by atoms with Gasteiger partial charge >= 0.3 is 0 Å². The normalized spacial score (nSPS) is 13.8. The molecule has 9 nitrogen and oxygen atoms in total. The van der Waals surface area contributed by atoms with Crippen LogP contribution in [0.4, 0.5) is 17.3 Å². The molecule has 0 unspecified atom stereocenters. The van der Waals surface area contributed by atoms with Crippen LogP contribution < -0.4 is 25.0 Å². The van der Waals surface area contributed by atoms with Gasteiger partial charge in [-0.15, -0.1) is 0 Å². The second kappa shape index (κ2) is 9.33. The highest BCUT2D eigenvalue weighted by molar-refractivity contribution is 5.75. The zero-order chi connectivity index (χ0) is 22.6. The number of hydrogen-bond acceptors (Lipinski definition) is 8. The van der Waals surface area contributed by atoms with Crippen molar-refractivity contribution in [3.05, 3.63) is 60.4 Å². The number of aromatic nitrogens is 4. The van der Waals surface area contributed by atoms with E-state index in [1.807, 2.05) is 22.9 Å². The molecule has 2 aromatic carbocycles. The van der Waals surface area contributed by atoms with E-state index in [-0.39, 0.29) is 0 Å². The molecule has 33 heavy (non-hydrogen) atoms. The van der Waals surface area contributed by atoms with Gasteiger partial charge < -0.3 is 25.0 Å². The van der Waals surface area contributed by atoms with Gasteiger partial charge in [0.05, 0.1) is 32.3 Å². The molecule has 0 spiro atoms. The number of anilines is 3. The van der Waals surface area contributed by atoms with Crippen molar-refractivity contribution in [3.8, 4) is 11.5 Å². The van der Waals surface area contributed by atoms with Crippen molar-refractivity contribution in [3.63, 3.8) is 0 Å². The minimum Gasteiger partial charge on any atom is -0.497 e. The van der Waals surface area contributed by atoms with Crippen LogP contribution in [0.3, 0.4) is 0 Å². The maximum atomic E-state index is 5.39. The van der Waals surface area contributed by atoms with Crippen LogP contribution in [0.2, 0.25) is 0 Å². The van der Waals surface area contributed by atoms with Crippen molar-refractivity contribution in [1.29, 1.82) is 0 Å². The van der Waals surface area contributed by atoms with E-state index in [0.29, 0.717) is 12.5 Å². The van der Waals surface area contributed by atoms with Crippen LogP contribution >= 0.6 is 0 Å². The standard InChI is InChI=1S/C24H27N7O2/c1-32-21-11-17(12-22(13-21)33-2)16-31-23-18(15-27-31)14-26-24(29-23)28-19-3-5-20(6-4-19)30-9-7-25-8-10-30/h3-6,11-15,25H,7-10,16H2,1-2H3,(H,26,28,29). The highest BCUT2D eigenvalue weighted by Crippen LogP contribution is 2.25. The third kappa shape index (κ3) is 4.68. The fraction of sp³-hybridized carbons (Fsp3) is 0.292. The Morgan fingerprint density at radius 1 is 0.970 bits per heavy atom. The van der Waals surface area contributed by atoms with Gasteiger partial charge in [0.15, 0.2) is 5.65 Å². The van der Waals surface area contributed by atoms with Gasteiger partial charge in [-0.3, -0.25) is 0 Å². The van der Waals surface area contributed by atoms with Crippen molar-refractivity contribution in [2.75, 3.05) is 50.6 Å². The van der Waals surface area contributed by atoms with E-state index in [0.717, 1.165) is 60.0 Å². The predicted molar refractivity (Wildman–Crippen MR) is 129 cm³/mol. The number of piperazine rings is 1. The molecule has 0 amide bonds. The molecule has 3 heterocycles. The van der Waals surface area contributed by atoms with Gasteiger partial charge in [-0.2, -0.15) is 10.1 Å². The van der Waals surface area contributed by atoms with Crippen molar-refractivity contribution in [1.82, 2.24) is 25.1 Å². The van der Waals surface area contributed by atoms with Crippen LogP contribution in [-0.4, -0.2) is 60.1 Å². The summed E-state index contributed by atoms with van der Waals surface area (Å²) in [5.41, 5.74) is 3.93. The highest BCUT2D eigenvalue weighted by Gasteiger charge is 2.12. The van der Waals surface area contributed by atoms with E-state index >= 15 is 0 Å². The van der Waals surface area contributed by atoms with E-state index in [9.17, 15) is 0 Å². The molecule has 0 bridgehead atoms. The molecule has 5 rings (SSSR count). The Bertz CT molecular complexity index is 1210. The minimum atomic E-state index is 0.530. The molecule has 170 valence electrons. The van der Waals surface area contributed by atoms with Gasteiger partial charge in [0.1, 0.15) is 11.5 Å². The Hall–Kier alpha value is -3.85. The van der Waals surface area contributed by atoms with Gasteiger partial charge in [-0.05, 0) is 42.0 Å². The lowest BCUT2D eigenvalue weighted by Crippen LogP contribution is -2.43. The lowest BCUT2D eigenvalue weighted by atomic mass is 10.2. The first-order valence-corrected chi connectivity index (χ1v) is 10.9. The van der Waals surface area contributed by atoms with Crippen molar-refractivity contribution in [2.45, 2.75) is 6.54 Å². The maximum absolute atomic E-state index is 5.39. The zero-order valence-electron chi connectivity index (χ0n) is 18.8. The van der Waals surface area contributed by atoms with E-state index in [2.05, 4.69) is 49.9 Å². The van der Waals surface area contributed by atoms with Crippen molar-refractivity contribution < 1.29 is 9.47 Å². The number of nitrogens with zero attached hydrogens (tertiary/aromatic N) is 5. The van der Waals surface area contributed by atoms with Crippen LogP contribution in [0.15, 0.2) is 54.9 Å². The van der Waals surface area contributed by atoms with E-state index in [1.54, 1.807) is 26.6 Å². The van der Waals surface area contributed by atoms with Gasteiger partial charge in [-0.25, -0.2) is 9.67 Å². The zero-order valence-corrected chi connectivity index (χ0v) is 18.8.